The Morgan fingerprint density at radius 3 is 2.42 bits per heavy atom. The molecule has 0 aliphatic carbocycles. The maximum Gasteiger partial charge on any atom is 0.103 e. The summed E-state index contributed by atoms with van der Waals surface area (Å²) in [6.07, 6.45) is 4.25. The fourth-order valence-electron chi connectivity index (χ4n) is 3.06. The highest BCUT2D eigenvalue weighted by atomic mass is 35.5. The largest absolute Gasteiger partial charge is 0.263 e. The number of halogens is 1. The van der Waals surface area contributed by atoms with Gasteiger partial charge in [-0.2, -0.15) is 5.10 Å². The molecule has 0 saturated heterocycles. The normalized spacial score (nSPS) is 11.3. The number of aromatic nitrogens is 3. The molecule has 5 heteroatoms. The van der Waals surface area contributed by atoms with Crippen molar-refractivity contribution >= 4 is 23.4 Å². The van der Waals surface area contributed by atoms with Gasteiger partial charge in [0.05, 0.1) is 10.7 Å². The summed E-state index contributed by atoms with van der Waals surface area (Å²) >= 11 is 8.14. The number of rotatable bonds is 5. The quantitative estimate of drug-likeness (QED) is 0.525. The van der Waals surface area contributed by atoms with Crippen LogP contribution in [0.5, 0.6) is 0 Å². The van der Waals surface area contributed by atoms with Gasteiger partial charge in [-0.3, -0.25) is 9.67 Å². The molecule has 3 aromatic rings. The molecule has 0 amide bonds. The highest BCUT2D eigenvalue weighted by molar-refractivity contribution is 7.99. The Morgan fingerprint density at radius 2 is 1.81 bits per heavy atom. The molecule has 26 heavy (non-hydrogen) atoms. The number of pyridine rings is 1. The van der Waals surface area contributed by atoms with Gasteiger partial charge in [-0.25, -0.2) is 0 Å². The van der Waals surface area contributed by atoms with Crippen LogP contribution in [0.2, 0.25) is 5.02 Å². The number of hydrogen-bond donors (Lipinski definition) is 0. The van der Waals surface area contributed by atoms with Gasteiger partial charge in [-0.05, 0) is 69.5 Å². The lowest BCUT2D eigenvalue weighted by atomic mass is 10.1. The van der Waals surface area contributed by atoms with E-state index in [0.717, 1.165) is 17.7 Å². The van der Waals surface area contributed by atoms with E-state index >= 15 is 0 Å². The Kier molecular flexibility index (Phi) is 5.73. The molecule has 3 nitrogen and oxygen atoms in total. The molecular formula is C21H24ClN3S. The van der Waals surface area contributed by atoms with E-state index in [1.165, 1.54) is 26.6 Å². The van der Waals surface area contributed by atoms with Crippen LogP contribution in [0.4, 0.5) is 0 Å². The summed E-state index contributed by atoms with van der Waals surface area (Å²) in [5, 5.41) is 6.70. The van der Waals surface area contributed by atoms with E-state index in [2.05, 4.69) is 62.5 Å². The van der Waals surface area contributed by atoms with Gasteiger partial charge in [-0.15, -0.1) is 0 Å². The monoisotopic (exact) mass is 385 g/mol. The summed E-state index contributed by atoms with van der Waals surface area (Å²) in [6, 6.07) is 8.94. The summed E-state index contributed by atoms with van der Waals surface area (Å²) in [7, 11) is 0. The third-order valence-electron chi connectivity index (χ3n) is 4.28. The van der Waals surface area contributed by atoms with Crippen molar-refractivity contribution < 1.29 is 0 Å². The first kappa shape index (κ1) is 19.0. The van der Waals surface area contributed by atoms with Gasteiger partial charge < -0.3 is 0 Å². The van der Waals surface area contributed by atoms with E-state index in [0.29, 0.717) is 11.1 Å². The summed E-state index contributed by atoms with van der Waals surface area (Å²) in [5.41, 5.74) is 5.92. The van der Waals surface area contributed by atoms with Gasteiger partial charge in [0.2, 0.25) is 0 Å². The maximum atomic E-state index is 6.35. The molecule has 0 radical (unpaired) electrons. The Hall–Kier alpha value is -1.78. The lowest BCUT2D eigenvalue weighted by molar-refractivity contribution is 0.489. The van der Waals surface area contributed by atoms with E-state index in [1.54, 1.807) is 24.2 Å². The zero-order chi connectivity index (χ0) is 18.8. The highest BCUT2D eigenvalue weighted by Gasteiger charge is 2.19. The van der Waals surface area contributed by atoms with Gasteiger partial charge in [-0.1, -0.05) is 29.4 Å². The molecule has 0 aliphatic rings. The molecule has 1 aromatic carbocycles. The fourth-order valence-corrected chi connectivity index (χ4v) is 4.65. The van der Waals surface area contributed by atoms with Crippen LogP contribution in [0.25, 0.3) is 0 Å². The van der Waals surface area contributed by atoms with Crippen LogP contribution in [0.3, 0.4) is 0 Å². The molecule has 0 bridgehead atoms. The van der Waals surface area contributed by atoms with E-state index in [4.69, 9.17) is 16.7 Å². The molecule has 0 fully saturated rings. The predicted octanol–water partition coefficient (Wildman–Crippen LogP) is 6.18. The van der Waals surface area contributed by atoms with E-state index < -0.39 is 0 Å². The Balaban J connectivity index is 2.05. The summed E-state index contributed by atoms with van der Waals surface area (Å²) < 4.78 is 2.13. The number of nitrogens with zero attached hydrogens (tertiary/aromatic N) is 3. The van der Waals surface area contributed by atoms with Crippen LogP contribution in [0.15, 0.2) is 46.6 Å². The maximum absolute atomic E-state index is 6.35. The van der Waals surface area contributed by atoms with Crippen LogP contribution in [-0.2, 0) is 6.42 Å². The van der Waals surface area contributed by atoms with Crippen LogP contribution in [-0.4, -0.2) is 14.8 Å². The molecule has 0 saturated carbocycles. The lowest BCUT2D eigenvalue weighted by Crippen LogP contribution is -2.05. The Bertz CT molecular complexity index is 911. The summed E-state index contributed by atoms with van der Waals surface area (Å²) in [5.74, 6) is 0. The molecular weight excluding hydrogens is 362 g/mol. The minimum Gasteiger partial charge on any atom is -0.263 e. The van der Waals surface area contributed by atoms with Gasteiger partial charge in [0, 0.05) is 35.3 Å². The van der Waals surface area contributed by atoms with Crippen molar-refractivity contribution in [2.24, 2.45) is 0 Å². The van der Waals surface area contributed by atoms with Crippen molar-refractivity contribution in [1.29, 1.82) is 0 Å². The van der Waals surface area contributed by atoms with Crippen LogP contribution >= 0.6 is 23.4 Å². The average Bonchev–Trinajstić information content (AvgIpc) is 2.85. The first-order valence-electron chi connectivity index (χ1n) is 8.77. The van der Waals surface area contributed by atoms with Gasteiger partial charge in [0.15, 0.2) is 0 Å². The van der Waals surface area contributed by atoms with Crippen LogP contribution in [0.1, 0.15) is 47.8 Å². The first-order valence-corrected chi connectivity index (χ1v) is 9.97. The molecule has 0 unspecified atom stereocenters. The molecule has 2 aromatic heterocycles. The van der Waals surface area contributed by atoms with Crippen molar-refractivity contribution in [3.8, 4) is 0 Å². The van der Waals surface area contributed by atoms with Crippen molar-refractivity contribution in [3.05, 3.63) is 69.6 Å². The van der Waals surface area contributed by atoms with Crippen LogP contribution in [0, 0.1) is 20.8 Å². The predicted molar refractivity (Wildman–Crippen MR) is 109 cm³/mol. The Morgan fingerprint density at radius 1 is 1.12 bits per heavy atom. The van der Waals surface area contributed by atoms with E-state index in [9.17, 15) is 0 Å². The second kappa shape index (κ2) is 7.85. The third kappa shape index (κ3) is 4.13. The van der Waals surface area contributed by atoms with Crippen molar-refractivity contribution in [2.45, 2.75) is 57.0 Å². The molecule has 0 atom stereocenters. The lowest BCUT2D eigenvalue weighted by Gasteiger charge is -2.13. The zero-order valence-corrected chi connectivity index (χ0v) is 17.4. The van der Waals surface area contributed by atoms with Crippen molar-refractivity contribution in [2.75, 3.05) is 0 Å². The number of hydrogen-bond acceptors (Lipinski definition) is 3. The molecule has 0 spiro atoms. The van der Waals surface area contributed by atoms with Gasteiger partial charge >= 0.3 is 0 Å². The highest BCUT2D eigenvalue weighted by Crippen LogP contribution is 2.36. The second-order valence-corrected chi connectivity index (χ2v) is 8.45. The fraction of sp³-hybridized carbons (Fsp3) is 0.333. The van der Waals surface area contributed by atoms with Crippen LogP contribution < -0.4 is 0 Å². The van der Waals surface area contributed by atoms with Gasteiger partial charge in [0.25, 0.3) is 0 Å². The molecule has 2 heterocycles. The standard InChI is InChI=1S/C21H24ClN3S/c1-13(2)25-21(26-18-9-14(3)8-15(4)10-18)19(16(5)24-25)11-17-6-7-23-12-20(17)22/h6-10,12-13H,11H2,1-5H3. The van der Waals surface area contributed by atoms with E-state index in [-0.39, 0.29) is 0 Å². The molecule has 0 aliphatic heterocycles. The second-order valence-electron chi connectivity index (χ2n) is 6.98. The van der Waals surface area contributed by atoms with Gasteiger partial charge in [0.1, 0.15) is 5.03 Å². The minimum atomic E-state index is 0.295. The first-order chi connectivity index (χ1) is 12.3. The minimum absolute atomic E-state index is 0.295. The molecule has 136 valence electrons. The zero-order valence-electron chi connectivity index (χ0n) is 15.9. The summed E-state index contributed by atoms with van der Waals surface area (Å²) in [4.78, 5) is 5.34. The molecule has 3 rings (SSSR count). The third-order valence-corrected chi connectivity index (χ3v) is 5.72. The smallest absolute Gasteiger partial charge is 0.103 e. The number of benzene rings is 1. The topological polar surface area (TPSA) is 30.7 Å². The molecule has 0 N–H and O–H groups in total. The van der Waals surface area contributed by atoms with Crippen molar-refractivity contribution in [3.63, 3.8) is 0 Å². The van der Waals surface area contributed by atoms with E-state index in [1.807, 2.05) is 6.07 Å². The SMILES string of the molecule is Cc1cc(C)cc(Sc2c(Cc3ccncc3Cl)c(C)nn2C(C)C)c1. The number of aryl methyl sites for hydroxylation is 3. The Labute approximate surface area is 164 Å². The average molecular weight is 386 g/mol. The summed E-state index contributed by atoms with van der Waals surface area (Å²) in [6.45, 7) is 10.7. The van der Waals surface area contributed by atoms with Crippen molar-refractivity contribution in [1.82, 2.24) is 14.8 Å².